The molecule has 152 valence electrons. The Bertz CT molecular complexity index is 933. The van der Waals surface area contributed by atoms with Crippen LogP contribution in [0.4, 0.5) is 5.69 Å². The second-order valence-corrected chi connectivity index (χ2v) is 6.96. The van der Waals surface area contributed by atoms with E-state index in [1.165, 1.54) is 23.7 Å². The molecule has 0 aliphatic carbocycles. The van der Waals surface area contributed by atoms with Gasteiger partial charge in [0.1, 0.15) is 0 Å². The zero-order valence-electron chi connectivity index (χ0n) is 16.8. The lowest BCUT2D eigenvalue weighted by Crippen LogP contribution is -2.38. The van der Waals surface area contributed by atoms with Crippen molar-refractivity contribution in [2.45, 2.75) is 32.6 Å². The molecule has 0 bridgehead atoms. The van der Waals surface area contributed by atoms with Gasteiger partial charge in [-0.15, -0.1) is 0 Å². The first kappa shape index (κ1) is 21.6. The molecule has 0 aliphatic rings. The Morgan fingerprint density at radius 3 is 2.43 bits per heavy atom. The molecule has 1 heterocycles. The molecular weight excluding hydrogens is 360 g/mol. The standard InChI is InChI=1S/C20H28N4O4/c1-4-12-23(14-11-16-8-5-6-10-18(16)24(27)28)13-7-9-17-15-19(25)22(3)20(26)21(17)2/h5-6,8,10,15H,4,7,9,11-14H2,1-3H3. The Labute approximate surface area is 164 Å². The lowest BCUT2D eigenvalue weighted by molar-refractivity contribution is -0.385. The van der Waals surface area contributed by atoms with Crippen LogP contribution in [0.5, 0.6) is 0 Å². The van der Waals surface area contributed by atoms with E-state index in [1.54, 1.807) is 19.2 Å². The van der Waals surface area contributed by atoms with Gasteiger partial charge in [-0.1, -0.05) is 25.1 Å². The second-order valence-electron chi connectivity index (χ2n) is 6.96. The number of nitro groups is 1. The number of aromatic nitrogens is 2. The number of benzene rings is 1. The number of para-hydroxylation sites is 1. The minimum atomic E-state index is -0.337. The minimum absolute atomic E-state index is 0.161. The Morgan fingerprint density at radius 1 is 1.04 bits per heavy atom. The first-order valence-corrected chi connectivity index (χ1v) is 9.55. The first-order chi connectivity index (χ1) is 13.3. The van der Waals surface area contributed by atoms with E-state index in [4.69, 9.17) is 0 Å². The van der Waals surface area contributed by atoms with E-state index in [1.807, 2.05) is 6.07 Å². The van der Waals surface area contributed by atoms with Crippen molar-refractivity contribution < 1.29 is 4.92 Å². The van der Waals surface area contributed by atoms with Gasteiger partial charge in [0.25, 0.3) is 11.2 Å². The molecule has 0 N–H and O–H groups in total. The van der Waals surface area contributed by atoms with Gasteiger partial charge in [0.2, 0.25) is 0 Å². The monoisotopic (exact) mass is 388 g/mol. The van der Waals surface area contributed by atoms with E-state index < -0.39 is 0 Å². The molecule has 0 unspecified atom stereocenters. The van der Waals surface area contributed by atoms with Crippen molar-refractivity contribution in [1.82, 2.24) is 14.0 Å². The van der Waals surface area contributed by atoms with Gasteiger partial charge in [-0.3, -0.25) is 19.5 Å². The van der Waals surface area contributed by atoms with E-state index >= 15 is 0 Å². The third kappa shape index (κ3) is 5.39. The third-order valence-electron chi connectivity index (χ3n) is 4.96. The zero-order valence-corrected chi connectivity index (χ0v) is 16.8. The Kier molecular flexibility index (Phi) is 7.69. The molecule has 0 spiro atoms. The summed E-state index contributed by atoms with van der Waals surface area (Å²) < 4.78 is 2.61. The Balaban J connectivity index is 1.98. The molecule has 0 radical (unpaired) electrons. The van der Waals surface area contributed by atoms with Crippen molar-refractivity contribution >= 4 is 5.69 Å². The van der Waals surface area contributed by atoms with E-state index in [0.717, 1.165) is 48.3 Å². The Morgan fingerprint density at radius 2 is 1.75 bits per heavy atom. The number of hydrogen-bond acceptors (Lipinski definition) is 5. The highest BCUT2D eigenvalue weighted by molar-refractivity contribution is 5.39. The zero-order chi connectivity index (χ0) is 20.7. The van der Waals surface area contributed by atoms with E-state index in [9.17, 15) is 19.7 Å². The van der Waals surface area contributed by atoms with Crippen molar-refractivity contribution in [2.24, 2.45) is 14.1 Å². The molecule has 8 heteroatoms. The fraction of sp³-hybridized carbons (Fsp3) is 0.500. The fourth-order valence-corrected chi connectivity index (χ4v) is 3.33. The van der Waals surface area contributed by atoms with E-state index in [0.29, 0.717) is 12.8 Å². The van der Waals surface area contributed by atoms with Crippen LogP contribution in [-0.2, 0) is 26.9 Å². The van der Waals surface area contributed by atoms with Crippen molar-refractivity contribution in [3.05, 3.63) is 72.5 Å². The van der Waals surface area contributed by atoms with E-state index in [-0.39, 0.29) is 21.9 Å². The van der Waals surface area contributed by atoms with Crippen molar-refractivity contribution in [3.8, 4) is 0 Å². The lowest BCUT2D eigenvalue weighted by Gasteiger charge is -2.22. The predicted octanol–water partition coefficient (Wildman–Crippen LogP) is 1.88. The van der Waals surface area contributed by atoms with Crippen LogP contribution < -0.4 is 11.2 Å². The summed E-state index contributed by atoms with van der Waals surface area (Å²) in [5, 5.41) is 11.2. The van der Waals surface area contributed by atoms with Crippen LogP contribution in [0.25, 0.3) is 0 Å². The lowest BCUT2D eigenvalue weighted by atomic mass is 10.1. The smallest absolute Gasteiger partial charge is 0.303 e. The summed E-state index contributed by atoms with van der Waals surface area (Å²) in [5.74, 6) is 0. The van der Waals surface area contributed by atoms with Gasteiger partial charge in [-0.2, -0.15) is 0 Å². The van der Waals surface area contributed by atoms with Gasteiger partial charge >= 0.3 is 5.69 Å². The summed E-state index contributed by atoms with van der Waals surface area (Å²) in [6.45, 7) is 4.53. The topological polar surface area (TPSA) is 90.4 Å². The molecular formula is C20H28N4O4. The number of nitro benzene ring substituents is 1. The molecule has 1 aromatic carbocycles. The first-order valence-electron chi connectivity index (χ1n) is 9.55. The molecule has 2 rings (SSSR count). The molecule has 8 nitrogen and oxygen atoms in total. The highest BCUT2D eigenvalue weighted by Gasteiger charge is 2.14. The van der Waals surface area contributed by atoms with Gasteiger partial charge in [-0.25, -0.2) is 4.79 Å². The number of nitrogens with zero attached hydrogens (tertiary/aromatic N) is 4. The maximum Gasteiger partial charge on any atom is 0.330 e. The van der Waals surface area contributed by atoms with Gasteiger partial charge in [0.05, 0.1) is 4.92 Å². The highest BCUT2D eigenvalue weighted by Crippen LogP contribution is 2.18. The Hall–Kier alpha value is -2.74. The van der Waals surface area contributed by atoms with Gasteiger partial charge in [0, 0.05) is 44.0 Å². The molecule has 0 aliphatic heterocycles. The molecule has 0 saturated heterocycles. The summed E-state index contributed by atoms with van der Waals surface area (Å²) in [5.41, 5.74) is 1.02. The molecule has 1 aromatic heterocycles. The van der Waals surface area contributed by atoms with Gasteiger partial charge in [-0.05, 0) is 38.8 Å². The molecule has 0 fully saturated rings. The van der Waals surface area contributed by atoms with Crippen LogP contribution in [0.2, 0.25) is 0 Å². The predicted molar refractivity (Wildman–Crippen MR) is 109 cm³/mol. The molecule has 0 amide bonds. The molecule has 0 atom stereocenters. The maximum absolute atomic E-state index is 12.0. The van der Waals surface area contributed by atoms with Crippen LogP contribution in [-0.4, -0.2) is 38.6 Å². The van der Waals surface area contributed by atoms with Crippen molar-refractivity contribution in [2.75, 3.05) is 19.6 Å². The maximum atomic E-state index is 12.0. The van der Waals surface area contributed by atoms with E-state index in [2.05, 4.69) is 11.8 Å². The van der Waals surface area contributed by atoms with Crippen LogP contribution in [0.1, 0.15) is 31.0 Å². The van der Waals surface area contributed by atoms with Gasteiger partial charge in [0.15, 0.2) is 0 Å². The molecule has 0 saturated carbocycles. The summed E-state index contributed by atoms with van der Waals surface area (Å²) in [6, 6.07) is 8.36. The number of hydrogen-bond donors (Lipinski definition) is 0. The van der Waals surface area contributed by atoms with Crippen molar-refractivity contribution in [3.63, 3.8) is 0 Å². The van der Waals surface area contributed by atoms with Crippen LogP contribution in [0.3, 0.4) is 0 Å². The second kappa shape index (κ2) is 9.98. The summed E-state index contributed by atoms with van der Waals surface area (Å²) in [4.78, 5) is 37.0. The average molecular weight is 388 g/mol. The third-order valence-corrected chi connectivity index (χ3v) is 4.96. The fourth-order valence-electron chi connectivity index (χ4n) is 3.33. The quantitative estimate of drug-likeness (QED) is 0.458. The van der Waals surface area contributed by atoms with Crippen LogP contribution in [0, 0.1) is 10.1 Å². The SMILES string of the molecule is CCCN(CCCc1cc(=O)n(C)c(=O)n1C)CCc1ccccc1[N+](=O)[O-]. The average Bonchev–Trinajstić information content (AvgIpc) is 2.68. The minimum Gasteiger partial charge on any atom is -0.303 e. The summed E-state index contributed by atoms with van der Waals surface area (Å²) in [7, 11) is 3.15. The summed E-state index contributed by atoms with van der Waals surface area (Å²) >= 11 is 0. The van der Waals surface area contributed by atoms with Crippen molar-refractivity contribution in [1.29, 1.82) is 0 Å². The largest absolute Gasteiger partial charge is 0.330 e. The van der Waals surface area contributed by atoms with Crippen LogP contribution in [0.15, 0.2) is 39.9 Å². The normalized spacial score (nSPS) is 11.1. The number of rotatable bonds is 10. The van der Waals surface area contributed by atoms with Crippen LogP contribution >= 0.6 is 0 Å². The summed E-state index contributed by atoms with van der Waals surface area (Å²) in [6.07, 6.45) is 3.04. The number of aryl methyl sites for hydroxylation is 1. The molecule has 28 heavy (non-hydrogen) atoms. The molecule has 2 aromatic rings. The highest BCUT2D eigenvalue weighted by atomic mass is 16.6. The van der Waals surface area contributed by atoms with Gasteiger partial charge < -0.3 is 9.47 Å².